The standard InChI is InChI=1S/C16H21N3O6/c1-16(2,3)25-15(22)17-11-6-7-18(9-11)12-5-4-10(14(20)21)8-13(12)19(23)24/h4-5,8,11H,6-7,9H2,1-3H3,(H,17,22)(H,20,21)/t11-/m1/s1. The summed E-state index contributed by atoms with van der Waals surface area (Å²) in [5, 5.41) is 23.0. The number of carboxylic acid groups (broad SMARTS) is 1. The number of rotatable bonds is 4. The van der Waals surface area contributed by atoms with Gasteiger partial charge in [-0.3, -0.25) is 10.1 Å². The number of amides is 1. The minimum absolute atomic E-state index is 0.141. The van der Waals surface area contributed by atoms with Crippen molar-refractivity contribution in [1.29, 1.82) is 0 Å². The van der Waals surface area contributed by atoms with E-state index < -0.39 is 22.6 Å². The minimum Gasteiger partial charge on any atom is -0.478 e. The summed E-state index contributed by atoms with van der Waals surface area (Å²) in [5.41, 5.74) is -0.673. The van der Waals surface area contributed by atoms with Gasteiger partial charge in [0, 0.05) is 19.2 Å². The Morgan fingerprint density at radius 1 is 1.40 bits per heavy atom. The molecular formula is C16H21N3O6. The molecule has 1 saturated heterocycles. The number of carbonyl (C=O) groups is 2. The fourth-order valence-corrected chi connectivity index (χ4v) is 2.64. The summed E-state index contributed by atoms with van der Waals surface area (Å²) in [7, 11) is 0. The number of carboxylic acids is 1. The number of anilines is 1. The zero-order valence-electron chi connectivity index (χ0n) is 14.3. The number of hydrogen-bond acceptors (Lipinski definition) is 6. The van der Waals surface area contributed by atoms with Crippen LogP contribution in [0.2, 0.25) is 0 Å². The highest BCUT2D eigenvalue weighted by molar-refractivity contribution is 5.90. The zero-order valence-corrected chi connectivity index (χ0v) is 14.3. The van der Waals surface area contributed by atoms with Gasteiger partial charge >= 0.3 is 12.1 Å². The summed E-state index contributed by atoms with van der Waals surface area (Å²) < 4.78 is 5.20. The number of nitro groups is 1. The van der Waals surface area contributed by atoms with Gasteiger partial charge in [0.15, 0.2) is 0 Å². The van der Waals surface area contributed by atoms with Crippen molar-refractivity contribution < 1.29 is 24.4 Å². The molecule has 0 unspecified atom stereocenters. The molecule has 25 heavy (non-hydrogen) atoms. The van der Waals surface area contributed by atoms with Crippen LogP contribution in [0.3, 0.4) is 0 Å². The van der Waals surface area contributed by atoms with Crippen molar-refractivity contribution in [2.45, 2.75) is 38.8 Å². The predicted molar refractivity (Wildman–Crippen MR) is 90.0 cm³/mol. The SMILES string of the molecule is CC(C)(C)OC(=O)N[C@@H]1CCN(c2ccc(C(=O)O)cc2[N+](=O)[O-])C1. The number of ether oxygens (including phenoxy) is 1. The molecule has 0 bridgehead atoms. The van der Waals surface area contributed by atoms with Gasteiger partial charge in [-0.15, -0.1) is 0 Å². The third-order valence-electron chi connectivity index (χ3n) is 3.67. The molecule has 1 atom stereocenters. The van der Waals surface area contributed by atoms with Gasteiger partial charge in [0.25, 0.3) is 5.69 Å². The number of aromatic carboxylic acids is 1. The Balaban J connectivity index is 2.10. The fraction of sp³-hybridized carbons (Fsp3) is 0.500. The van der Waals surface area contributed by atoms with E-state index in [9.17, 15) is 19.7 Å². The molecule has 1 aliphatic heterocycles. The number of carbonyl (C=O) groups excluding carboxylic acids is 1. The Kier molecular flexibility index (Phi) is 5.15. The fourth-order valence-electron chi connectivity index (χ4n) is 2.64. The second-order valence-corrected chi connectivity index (χ2v) is 6.84. The molecule has 9 heteroatoms. The Morgan fingerprint density at radius 3 is 2.64 bits per heavy atom. The van der Waals surface area contributed by atoms with Crippen LogP contribution in [0.5, 0.6) is 0 Å². The Hall–Kier alpha value is -2.84. The number of nitrogens with zero attached hydrogens (tertiary/aromatic N) is 2. The molecular weight excluding hydrogens is 330 g/mol. The van der Waals surface area contributed by atoms with Crippen LogP contribution in [0, 0.1) is 10.1 Å². The summed E-state index contributed by atoms with van der Waals surface area (Å²) in [6.45, 7) is 6.18. The molecule has 1 aliphatic rings. The maximum atomic E-state index is 11.8. The predicted octanol–water partition coefficient (Wildman–Crippen LogP) is 2.40. The third-order valence-corrected chi connectivity index (χ3v) is 3.67. The van der Waals surface area contributed by atoms with E-state index in [4.69, 9.17) is 9.84 Å². The quantitative estimate of drug-likeness (QED) is 0.631. The second kappa shape index (κ2) is 6.96. The first-order valence-electron chi connectivity index (χ1n) is 7.83. The lowest BCUT2D eigenvalue weighted by atomic mass is 10.1. The largest absolute Gasteiger partial charge is 0.478 e. The van der Waals surface area contributed by atoms with Crippen LogP contribution in [-0.2, 0) is 4.74 Å². The average molecular weight is 351 g/mol. The van der Waals surface area contributed by atoms with Crippen LogP contribution in [0.1, 0.15) is 37.6 Å². The maximum Gasteiger partial charge on any atom is 0.407 e. The van der Waals surface area contributed by atoms with Gasteiger partial charge in [0.1, 0.15) is 11.3 Å². The Morgan fingerprint density at radius 2 is 2.08 bits per heavy atom. The monoisotopic (exact) mass is 351 g/mol. The van der Waals surface area contributed by atoms with E-state index in [0.717, 1.165) is 6.07 Å². The lowest BCUT2D eigenvalue weighted by molar-refractivity contribution is -0.384. The van der Waals surface area contributed by atoms with Crippen LogP contribution in [0.15, 0.2) is 18.2 Å². The first-order valence-corrected chi connectivity index (χ1v) is 7.83. The molecule has 0 radical (unpaired) electrons. The van der Waals surface area contributed by atoms with Gasteiger partial charge in [-0.25, -0.2) is 9.59 Å². The second-order valence-electron chi connectivity index (χ2n) is 6.84. The average Bonchev–Trinajstić information content (AvgIpc) is 2.92. The summed E-state index contributed by atoms with van der Waals surface area (Å²) in [6.07, 6.45) is 0.0759. The number of nitro benzene ring substituents is 1. The third kappa shape index (κ3) is 4.82. The normalized spacial score (nSPS) is 17.2. The van der Waals surface area contributed by atoms with E-state index in [2.05, 4.69) is 5.32 Å². The highest BCUT2D eigenvalue weighted by Crippen LogP contribution is 2.31. The van der Waals surface area contributed by atoms with Crippen molar-refractivity contribution in [2.24, 2.45) is 0 Å². The van der Waals surface area contributed by atoms with Crippen molar-refractivity contribution >= 4 is 23.4 Å². The molecule has 0 spiro atoms. The number of nitrogens with one attached hydrogen (secondary N) is 1. The van der Waals surface area contributed by atoms with Crippen LogP contribution in [0.25, 0.3) is 0 Å². The molecule has 0 aliphatic carbocycles. The van der Waals surface area contributed by atoms with E-state index in [-0.39, 0.29) is 17.3 Å². The first kappa shape index (κ1) is 18.5. The molecule has 2 rings (SSSR count). The molecule has 2 N–H and O–H groups in total. The van der Waals surface area contributed by atoms with E-state index in [0.29, 0.717) is 25.2 Å². The molecule has 1 fully saturated rings. The summed E-state index contributed by atoms with van der Waals surface area (Å²) in [4.78, 5) is 35.2. The van der Waals surface area contributed by atoms with Crippen molar-refractivity contribution in [2.75, 3.05) is 18.0 Å². The molecule has 136 valence electrons. The van der Waals surface area contributed by atoms with Gasteiger partial charge in [-0.05, 0) is 39.3 Å². The zero-order chi connectivity index (χ0) is 18.8. The lowest BCUT2D eigenvalue weighted by Crippen LogP contribution is -2.40. The molecule has 0 aromatic heterocycles. The smallest absolute Gasteiger partial charge is 0.407 e. The highest BCUT2D eigenvalue weighted by atomic mass is 16.6. The van der Waals surface area contributed by atoms with Crippen LogP contribution < -0.4 is 10.2 Å². The van der Waals surface area contributed by atoms with E-state index in [1.54, 1.807) is 25.7 Å². The molecule has 9 nitrogen and oxygen atoms in total. The lowest BCUT2D eigenvalue weighted by Gasteiger charge is -2.22. The van der Waals surface area contributed by atoms with Crippen LogP contribution >= 0.6 is 0 Å². The van der Waals surface area contributed by atoms with E-state index >= 15 is 0 Å². The highest BCUT2D eigenvalue weighted by Gasteiger charge is 2.30. The molecule has 0 saturated carbocycles. The summed E-state index contributed by atoms with van der Waals surface area (Å²) in [6, 6.07) is 3.61. The van der Waals surface area contributed by atoms with Crippen molar-refractivity contribution in [3.8, 4) is 0 Å². The molecule has 1 heterocycles. The van der Waals surface area contributed by atoms with Gasteiger partial charge in [-0.2, -0.15) is 0 Å². The van der Waals surface area contributed by atoms with Gasteiger partial charge in [-0.1, -0.05) is 0 Å². The van der Waals surface area contributed by atoms with Gasteiger partial charge < -0.3 is 20.1 Å². The molecule has 1 aromatic rings. The van der Waals surface area contributed by atoms with Crippen LogP contribution in [0.4, 0.5) is 16.2 Å². The molecule has 1 amide bonds. The van der Waals surface area contributed by atoms with Gasteiger partial charge in [0.05, 0.1) is 16.5 Å². The van der Waals surface area contributed by atoms with E-state index in [1.165, 1.54) is 12.1 Å². The number of benzene rings is 1. The van der Waals surface area contributed by atoms with Crippen molar-refractivity contribution in [1.82, 2.24) is 5.32 Å². The van der Waals surface area contributed by atoms with Gasteiger partial charge in [0.2, 0.25) is 0 Å². The Bertz CT molecular complexity index is 698. The number of alkyl carbamates (subject to hydrolysis) is 1. The minimum atomic E-state index is -1.22. The summed E-state index contributed by atoms with van der Waals surface area (Å²) >= 11 is 0. The first-order chi connectivity index (χ1) is 11.6. The number of hydrogen-bond donors (Lipinski definition) is 2. The maximum absolute atomic E-state index is 11.8. The van der Waals surface area contributed by atoms with Crippen molar-refractivity contribution in [3.05, 3.63) is 33.9 Å². The topological polar surface area (TPSA) is 122 Å². The molecule has 1 aromatic carbocycles. The van der Waals surface area contributed by atoms with E-state index in [1.807, 2.05) is 0 Å². The van der Waals surface area contributed by atoms with Crippen LogP contribution in [-0.4, -0.2) is 46.8 Å². The summed E-state index contributed by atoms with van der Waals surface area (Å²) in [5.74, 6) is -1.22. The Labute approximate surface area is 144 Å². The van der Waals surface area contributed by atoms with Crippen molar-refractivity contribution in [3.63, 3.8) is 0 Å².